The van der Waals surface area contributed by atoms with Crippen LogP contribution in [0.5, 0.6) is 0 Å². The molecule has 1 unspecified atom stereocenters. The molecule has 2 rings (SSSR count). The van der Waals surface area contributed by atoms with Crippen LogP contribution in [-0.4, -0.2) is 40.1 Å². The molecular formula is C17H24N4O2S. The Morgan fingerprint density at radius 1 is 1.38 bits per heavy atom. The van der Waals surface area contributed by atoms with Crippen molar-refractivity contribution in [1.29, 1.82) is 0 Å². The summed E-state index contributed by atoms with van der Waals surface area (Å²) in [6.45, 7) is 5.62. The van der Waals surface area contributed by atoms with E-state index in [1.54, 1.807) is 13.4 Å². The van der Waals surface area contributed by atoms with E-state index < -0.39 is 0 Å². The maximum absolute atomic E-state index is 12.1. The highest BCUT2D eigenvalue weighted by Crippen LogP contribution is 2.21. The molecule has 1 atom stereocenters. The Balaban J connectivity index is 1.84. The summed E-state index contributed by atoms with van der Waals surface area (Å²) in [6.07, 6.45) is 2.75. The molecule has 1 heterocycles. The van der Waals surface area contributed by atoms with Crippen molar-refractivity contribution in [3.63, 3.8) is 0 Å². The van der Waals surface area contributed by atoms with Crippen LogP contribution in [0.15, 0.2) is 35.7 Å². The van der Waals surface area contributed by atoms with Crippen LogP contribution in [0.2, 0.25) is 0 Å². The normalized spacial score (nSPS) is 12.1. The molecule has 0 fully saturated rings. The molecule has 0 aliphatic carbocycles. The Morgan fingerprint density at radius 3 is 2.79 bits per heavy atom. The van der Waals surface area contributed by atoms with Crippen LogP contribution in [-0.2, 0) is 16.1 Å². The Labute approximate surface area is 147 Å². The number of anilines is 1. The summed E-state index contributed by atoms with van der Waals surface area (Å²) in [5.41, 5.74) is 2.10. The largest absolute Gasteiger partial charge is 0.383 e. The highest BCUT2D eigenvalue weighted by Gasteiger charge is 2.09. The Hall–Kier alpha value is -1.86. The molecule has 0 saturated carbocycles. The van der Waals surface area contributed by atoms with Crippen molar-refractivity contribution in [1.82, 2.24) is 14.8 Å². The van der Waals surface area contributed by atoms with E-state index in [0.29, 0.717) is 30.0 Å². The summed E-state index contributed by atoms with van der Waals surface area (Å²) >= 11 is 1.36. The van der Waals surface area contributed by atoms with Crippen molar-refractivity contribution < 1.29 is 9.53 Å². The van der Waals surface area contributed by atoms with Gasteiger partial charge < -0.3 is 14.6 Å². The van der Waals surface area contributed by atoms with Crippen molar-refractivity contribution in [3.8, 4) is 0 Å². The fraction of sp³-hybridized carbons (Fsp3) is 0.471. The number of nitrogens with one attached hydrogen (secondary N) is 1. The van der Waals surface area contributed by atoms with E-state index in [4.69, 9.17) is 4.74 Å². The third-order valence-electron chi connectivity index (χ3n) is 3.82. The molecule has 6 nitrogen and oxygen atoms in total. The van der Waals surface area contributed by atoms with Gasteiger partial charge in [0.2, 0.25) is 5.91 Å². The number of benzene rings is 1. The quantitative estimate of drug-likeness (QED) is 0.705. The first-order valence-electron chi connectivity index (χ1n) is 8.03. The number of amides is 1. The van der Waals surface area contributed by atoms with E-state index in [-0.39, 0.29) is 5.91 Å². The first-order chi connectivity index (χ1) is 11.6. The number of hydrogen-bond acceptors (Lipinski definition) is 5. The van der Waals surface area contributed by atoms with E-state index in [2.05, 4.69) is 41.5 Å². The molecule has 0 spiro atoms. The first kappa shape index (κ1) is 18.5. The minimum absolute atomic E-state index is 0.0578. The van der Waals surface area contributed by atoms with Crippen LogP contribution >= 0.6 is 11.8 Å². The number of thioether (sulfide) groups is 1. The summed E-state index contributed by atoms with van der Waals surface area (Å²) in [5.74, 6) is 0.764. The molecular weight excluding hydrogens is 324 g/mol. The lowest BCUT2D eigenvalue weighted by Gasteiger charge is -2.10. The van der Waals surface area contributed by atoms with Gasteiger partial charge in [0.25, 0.3) is 0 Å². The van der Waals surface area contributed by atoms with Crippen LogP contribution in [0.25, 0.3) is 0 Å². The molecule has 0 aliphatic heterocycles. The highest BCUT2D eigenvalue weighted by atomic mass is 32.2. The van der Waals surface area contributed by atoms with Gasteiger partial charge in [-0.2, -0.15) is 0 Å². The van der Waals surface area contributed by atoms with Gasteiger partial charge in [0.1, 0.15) is 6.33 Å². The topological polar surface area (TPSA) is 69.0 Å². The monoisotopic (exact) mass is 348 g/mol. The van der Waals surface area contributed by atoms with E-state index in [1.165, 1.54) is 17.3 Å². The summed E-state index contributed by atoms with van der Waals surface area (Å²) < 4.78 is 6.92. The maximum Gasteiger partial charge on any atom is 0.234 e. The van der Waals surface area contributed by atoms with Gasteiger partial charge in [0, 0.05) is 19.3 Å². The third-order valence-corrected chi connectivity index (χ3v) is 4.81. The Kier molecular flexibility index (Phi) is 7.27. The zero-order chi connectivity index (χ0) is 17.4. The van der Waals surface area contributed by atoms with E-state index in [9.17, 15) is 4.79 Å². The predicted molar refractivity (Wildman–Crippen MR) is 96.4 cm³/mol. The number of rotatable bonds is 9. The lowest BCUT2D eigenvalue weighted by molar-refractivity contribution is -0.113. The minimum atomic E-state index is -0.0578. The summed E-state index contributed by atoms with van der Waals surface area (Å²) in [5, 5.41) is 11.5. The average molecular weight is 348 g/mol. The molecule has 0 aliphatic rings. The SMILES string of the molecule is CCC(C)c1ccc(NC(=O)CSc2nncn2CCOC)cc1. The molecule has 0 saturated heterocycles. The Bertz CT molecular complexity index is 642. The van der Waals surface area contributed by atoms with Gasteiger partial charge in [-0.15, -0.1) is 10.2 Å². The molecule has 0 bridgehead atoms. The molecule has 130 valence electrons. The number of ether oxygens (including phenoxy) is 1. The predicted octanol–water partition coefficient (Wildman–Crippen LogP) is 3.17. The average Bonchev–Trinajstić information content (AvgIpc) is 3.05. The molecule has 1 N–H and O–H groups in total. The van der Waals surface area contributed by atoms with Crippen molar-refractivity contribution in [2.24, 2.45) is 0 Å². The smallest absolute Gasteiger partial charge is 0.234 e. The van der Waals surface area contributed by atoms with Gasteiger partial charge in [0.15, 0.2) is 5.16 Å². The van der Waals surface area contributed by atoms with Crippen molar-refractivity contribution in [3.05, 3.63) is 36.2 Å². The number of nitrogens with zero attached hydrogens (tertiary/aromatic N) is 3. The molecule has 24 heavy (non-hydrogen) atoms. The summed E-state index contributed by atoms with van der Waals surface area (Å²) in [7, 11) is 1.65. The van der Waals surface area contributed by atoms with E-state index in [1.807, 2.05) is 16.7 Å². The second-order valence-corrected chi connectivity index (χ2v) is 6.51. The second kappa shape index (κ2) is 9.44. The summed E-state index contributed by atoms with van der Waals surface area (Å²) in [6, 6.07) is 8.03. The molecule has 7 heteroatoms. The van der Waals surface area contributed by atoms with E-state index in [0.717, 1.165) is 12.1 Å². The summed E-state index contributed by atoms with van der Waals surface area (Å²) in [4.78, 5) is 12.1. The fourth-order valence-corrected chi connectivity index (χ4v) is 2.90. The minimum Gasteiger partial charge on any atom is -0.383 e. The van der Waals surface area contributed by atoms with Gasteiger partial charge in [-0.05, 0) is 30.0 Å². The second-order valence-electron chi connectivity index (χ2n) is 5.57. The first-order valence-corrected chi connectivity index (χ1v) is 9.02. The Morgan fingerprint density at radius 2 is 2.12 bits per heavy atom. The third kappa shape index (κ3) is 5.35. The number of methoxy groups -OCH3 is 1. The van der Waals surface area contributed by atoms with Gasteiger partial charge in [-0.25, -0.2) is 0 Å². The lowest BCUT2D eigenvalue weighted by atomic mass is 9.99. The zero-order valence-electron chi connectivity index (χ0n) is 14.4. The molecule has 1 amide bonds. The fourth-order valence-electron chi connectivity index (χ4n) is 2.16. The van der Waals surface area contributed by atoms with Crippen LogP contribution < -0.4 is 5.32 Å². The van der Waals surface area contributed by atoms with Gasteiger partial charge in [-0.3, -0.25) is 4.79 Å². The van der Waals surface area contributed by atoms with Crippen LogP contribution in [0.3, 0.4) is 0 Å². The number of carbonyl (C=O) groups is 1. The standard InChI is InChI=1S/C17H24N4O2S/c1-4-13(2)14-5-7-15(8-6-14)19-16(22)11-24-17-20-18-12-21(17)9-10-23-3/h5-8,12-13H,4,9-11H2,1-3H3,(H,19,22). The van der Waals surface area contributed by atoms with Crippen LogP contribution in [0.1, 0.15) is 31.7 Å². The lowest BCUT2D eigenvalue weighted by Crippen LogP contribution is -2.15. The van der Waals surface area contributed by atoms with Gasteiger partial charge >= 0.3 is 0 Å². The maximum atomic E-state index is 12.1. The van der Waals surface area contributed by atoms with Crippen molar-refractivity contribution in [2.75, 3.05) is 24.8 Å². The molecule has 1 aromatic carbocycles. The molecule has 1 aromatic heterocycles. The van der Waals surface area contributed by atoms with Gasteiger partial charge in [-0.1, -0.05) is 37.7 Å². The van der Waals surface area contributed by atoms with Crippen molar-refractivity contribution in [2.45, 2.75) is 37.9 Å². The van der Waals surface area contributed by atoms with Crippen LogP contribution in [0.4, 0.5) is 5.69 Å². The van der Waals surface area contributed by atoms with Crippen molar-refractivity contribution >= 4 is 23.4 Å². The van der Waals surface area contributed by atoms with Gasteiger partial charge in [0.05, 0.1) is 12.4 Å². The van der Waals surface area contributed by atoms with Crippen LogP contribution in [0, 0.1) is 0 Å². The molecule has 2 aromatic rings. The van der Waals surface area contributed by atoms with E-state index >= 15 is 0 Å². The molecule has 0 radical (unpaired) electrons. The number of carbonyl (C=O) groups excluding carboxylic acids is 1. The zero-order valence-corrected chi connectivity index (χ0v) is 15.2. The number of aromatic nitrogens is 3. The highest BCUT2D eigenvalue weighted by molar-refractivity contribution is 7.99. The number of hydrogen-bond donors (Lipinski definition) is 1.